The highest BCUT2D eigenvalue weighted by molar-refractivity contribution is 5.50. The van der Waals surface area contributed by atoms with E-state index in [9.17, 15) is 0 Å². The second-order valence-corrected chi connectivity index (χ2v) is 4.42. The molecule has 0 radical (unpaired) electrons. The lowest BCUT2D eigenvalue weighted by Crippen LogP contribution is -2.14. The van der Waals surface area contributed by atoms with Crippen LogP contribution in [0, 0.1) is 0 Å². The highest BCUT2D eigenvalue weighted by Crippen LogP contribution is 2.30. The summed E-state index contributed by atoms with van der Waals surface area (Å²) in [4.78, 5) is 8.89. The normalized spacial score (nSPS) is 19.4. The van der Waals surface area contributed by atoms with E-state index in [-0.39, 0.29) is 0 Å². The lowest BCUT2D eigenvalue weighted by molar-refractivity contribution is 0.478. The van der Waals surface area contributed by atoms with Gasteiger partial charge < -0.3 is 4.57 Å². The molecule has 3 heterocycles. The summed E-state index contributed by atoms with van der Waals surface area (Å²) in [6.07, 6.45) is 6.34. The van der Waals surface area contributed by atoms with Gasteiger partial charge in [-0.15, -0.1) is 0 Å². The molecule has 2 aromatic rings. The molecule has 1 aliphatic heterocycles. The summed E-state index contributed by atoms with van der Waals surface area (Å²) in [5.41, 5.74) is 2.33. The van der Waals surface area contributed by atoms with E-state index in [2.05, 4.69) is 21.5 Å². The van der Waals surface area contributed by atoms with E-state index in [1.807, 2.05) is 30.6 Å². The first-order chi connectivity index (χ1) is 7.86. The molecule has 0 amide bonds. The average molecular weight is 213 g/mol. The van der Waals surface area contributed by atoms with Gasteiger partial charge in [0, 0.05) is 24.6 Å². The zero-order chi connectivity index (χ0) is 11.0. The molecule has 3 rings (SSSR count). The van der Waals surface area contributed by atoms with Crippen molar-refractivity contribution in [2.24, 2.45) is 0 Å². The Morgan fingerprint density at radius 3 is 3.06 bits per heavy atom. The van der Waals surface area contributed by atoms with Gasteiger partial charge in [-0.1, -0.05) is 13.0 Å². The maximum absolute atomic E-state index is 4.52. The number of aromatic nitrogens is 3. The summed E-state index contributed by atoms with van der Waals surface area (Å²) in [6.45, 7) is 3.35. The summed E-state index contributed by atoms with van der Waals surface area (Å²) in [5, 5.41) is 0. The molecule has 16 heavy (non-hydrogen) atoms. The number of imidazole rings is 1. The molecule has 0 N–H and O–H groups in total. The Kier molecular flexibility index (Phi) is 2.24. The fraction of sp³-hybridized carbons (Fsp3) is 0.385. The second-order valence-electron chi connectivity index (χ2n) is 4.42. The molecule has 1 atom stereocenters. The summed E-state index contributed by atoms with van der Waals surface area (Å²) in [7, 11) is 0. The van der Waals surface area contributed by atoms with Crippen molar-refractivity contribution in [1.82, 2.24) is 14.5 Å². The third kappa shape index (κ3) is 1.43. The van der Waals surface area contributed by atoms with Crippen molar-refractivity contribution >= 4 is 0 Å². The molecular formula is C13H15N3. The van der Waals surface area contributed by atoms with Crippen LogP contribution in [0.2, 0.25) is 0 Å². The quantitative estimate of drug-likeness (QED) is 0.729. The Morgan fingerprint density at radius 2 is 2.25 bits per heavy atom. The molecule has 0 bridgehead atoms. The third-order valence-electron chi connectivity index (χ3n) is 3.30. The van der Waals surface area contributed by atoms with Crippen LogP contribution < -0.4 is 0 Å². The lowest BCUT2D eigenvalue weighted by atomic mass is 9.99. The van der Waals surface area contributed by atoms with Crippen LogP contribution in [0.25, 0.3) is 11.5 Å². The smallest absolute Gasteiger partial charge is 0.158 e. The molecular weight excluding hydrogens is 198 g/mol. The Balaban J connectivity index is 2.10. The fourth-order valence-electron chi connectivity index (χ4n) is 2.42. The average Bonchev–Trinajstić information content (AvgIpc) is 2.75. The number of fused-ring (bicyclic) bond motifs is 1. The maximum atomic E-state index is 4.52. The topological polar surface area (TPSA) is 30.7 Å². The second kappa shape index (κ2) is 3.74. The van der Waals surface area contributed by atoms with Gasteiger partial charge in [0.25, 0.3) is 0 Å². The zero-order valence-corrected chi connectivity index (χ0v) is 9.43. The number of pyridine rings is 1. The van der Waals surface area contributed by atoms with Crippen LogP contribution in [0.3, 0.4) is 0 Å². The summed E-state index contributed by atoms with van der Waals surface area (Å²) in [6, 6.07) is 5.97. The van der Waals surface area contributed by atoms with E-state index in [1.54, 1.807) is 0 Å². The molecule has 3 heteroatoms. The first-order valence-electron chi connectivity index (χ1n) is 5.83. The first-order valence-corrected chi connectivity index (χ1v) is 5.83. The molecule has 0 saturated carbocycles. The van der Waals surface area contributed by atoms with Crippen molar-refractivity contribution in [3.63, 3.8) is 0 Å². The van der Waals surface area contributed by atoms with Crippen molar-refractivity contribution < 1.29 is 0 Å². The van der Waals surface area contributed by atoms with Crippen LogP contribution in [0.4, 0.5) is 0 Å². The standard InChI is InChI=1S/C13H15N3/c1-10-5-4-8-16-12(10)9-15-13(16)11-6-2-3-7-14-11/h2-3,6-7,9-10H,4-5,8H2,1H3. The summed E-state index contributed by atoms with van der Waals surface area (Å²) >= 11 is 0. The predicted molar refractivity (Wildman–Crippen MR) is 63.1 cm³/mol. The lowest BCUT2D eigenvalue weighted by Gasteiger charge is -2.21. The van der Waals surface area contributed by atoms with Crippen molar-refractivity contribution in [1.29, 1.82) is 0 Å². The molecule has 1 unspecified atom stereocenters. The fourth-order valence-corrected chi connectivity index (χ4v) is 2.42. The van der Waals surface area contributed by atoms with Crippen molar-refractivity contribution in [3.8, 4) is 11.5 Å². The van der Waals surface area contributed by atoms with Crippen LogP contribution in [-0.4, -0.2) is 14.5 Å². The van der Waals surface area contributed by atoms with Gasteiger partial charge in [0.2, 0.25) is 0 Å². The molecule has 0 saturated heterocycles. The van der Waals surface area contributed by atoms with Gasteiger partial charge in [-0.3, -0.25) is 4.98 Å². The van der Waals surface area contributed by atoms with Crippen LogP contribution in [0.15, 0.2) is 30.6 Å². The van der Waals surface area contributed by atoms with Crippen molar-refractivity contribution in [2.75, 3.05) is 0 Å². The minimum absolute atomic E-state index is 0.624. The number of rotatable bonds is 1. The molecule has 0 aliphatic carbocycles. The van der Waals surface area contributed by atoms with E-state index in [4.69, 9.17) is 0 Å². The number of hydrogen-bond acceptors (Lipinski definition) is 2. The predicted octanol–water partition coefficient (Wildman–Crippen LogP) is 2.84. The van der Waals surface area contributed by atoms with Gasteiger partial charge >= 0.3 is 0 Å². The summed E-state index contributed by atoms with van der Waals surface area (Å²) < 4.78 is 2.32. The Labute approximate surface area is 95.2 Å². The van der Waals surface area contributed by atoms with Crippen LogP contribution in [-0.2, 0) is 6.54 Å². The van der Waals surface area contributed by atoms with Crippen LogP contribution in [0.1, 0.15) is 31.4 Å². The number of nitrogens with zero attached hydrogens (tertiary/aromatic N) is 3. The molecule has 3 nitrogen and oxygen atoms in total. The first kappa shape index (κ1) is 9.58. The van der Waals surface area contributed by atoms with E-state index < -0.39 is 0 Å². The van der Waals surface area contributed by atoms with Gasteiger partial charge in [0.1, 0.15) is 5.69 Å². The van der Waals surface area contributed by atoms with Gasteiger partial charge in [-0.05, 0) is 30.9 Å². The monoisotopic (exact) mass is 213 g/mol. The zero-order valence-electron chi connectivity index (χ0n) is 9.43. The molecule has 82 valence electrons. The van der Waals surface area contributed by atoms with E-state index in [1.165, 1.54) is 18.5 Å². The largest absolute Gasteiger partial charge is 0.327 e. The van der Waals surface area contributed by atoms with Gasteiger partial charge in [0.15, 0.2) is 5.82 Å². The highest BCUT2D eigenvalue weighted by atomic mass is 15.1. The Hall–Kier alpha value is -1.64. The van der Waals surface area contributed by atoms with Gasteiger partial charge in [-0.2, -0.15) is 0 Å². The van der Waals surface area contributed by atoms with Gasteiger partial charge in [-0.25, -0.2) is 4.98 Å². The van der Waals surface area contributed by atoms with Crippen LogP contribution >= 0.6 is 0 Å². The minimum Gasteiger partial charge on any atom is -0.327 e. The third-order valence-corrected chi connectivity index (χ3v) is 3.30. The SMILES string of the molecule is CC1CCCn2c1cnc2-c1ccccn1. The highest BCUT2D eigenvalue weighted by Gasteiger charge is 2.20. The van der Waals surface area contributed by atoms with E-state index in [0.29, 0.717) is 5.92 Å². The molecule has 0 spiro atoms. The van der Waals surface area contributed by atoms with Gasteiger partial charge in [0.05, 0.1) is 0 Å². The Morgan fingerprint density at radius 1 is 1.31 bits per heavy atom. The van der Waals surface area contributed by atoms with Crippen molar-refractivity contribution in [2.45, 2.75) is 32.2 Å². The Bertz CT molecular complexity index is 487. The molecule has 1 aliphatic rings. The molecule has 0 aromatic carbocycles. The maximum Gasteiger partial charge on any atom is 0.158 e. The van der Waals surface area contributed by atoms with Crippen molar-refractivity contribution in [3.05, 3.63) is 36.3 Å². The van der Waals surface area contributed by atoms with E-state index >= 15 is 0 Å². The molecule has 2 aromatic heterocycles. The minimum atomic E-state index is 0.624. The van der Waals surface area contributed by atoms with Crippen LogP contribution in [0.5, 0.6) is 0 Å². The number of hydrogen-bond donors (Lipinski definition) is 0. The molecule has 0 fully saturated rings. The summed E-state index contributed by atoms with van der Waals surface area (Å²) in [5.74, 6) is 1.64. The van der Waals surface area contributed by atoms with E-state index in [0.717, 1.165) is 18.1 Å².